The summed E-state index contributed by atoms with van der Waals surface area (Å²) in [6.07, 6.45) is 2.15. The van der Waals surface area contributed by atoms with E-state index < -0.39 is 0 Å². The minimum absolute atomic E-state index is 0.231. The molecule has 21 heavy (non-hydrogen) atoms. The number of benzene rings is 1. The van der Waals surface area contributed by atoms with Gasteiger partial charge in [-0.1, -0.05) is 44.2 Å². The lowest BCUT2D eigenvalue weighted by molar-refractivity contribution is 0.0658. The van der Waals surface area contributed by atoms with Gasteiger partial charge in [0.2, 0.25) is 0 Å². The first kappa shape index (κ1) is 16.1. The third-order valence-corrected chi connectivity index (χ3v) is 4.51. The van der Waals surface area contributed by atoms with Crippen LogP contribution in [-0.4, -0.2) is 30.8 Å². The highest BCUT2D eigenvalue weighted by atomic mass is 32.1. The minimum atomic E-state index is 0.231. The summed E-state index contributed by atoms with van der Waals surface area (Å²) < 4.78 is 5.59. The number of thiazole rings is 1. The van der Waals surface area contributed by atoms with Crippen LogP contribution in [0.4, 0.5) is 0 Å². The number of ether oxygens (including phenoxy) is 1. The molecule has 0 fully saturated rings. The maximum absolute atomic E-state index is 5.59. The van der Waals surface area contributed by atoms with Crippen LogP contribution in [0, 0.1) is 0 Å². The van der Waals surface area contributed by atoms with Crippen molar-refractivity contribution in [1.29, 1.82) is 0 Å². The van der Waals surface area contributed by atoms with E-state index in [0.717, 1.165) is 30.1 Å². The van der Waals surface area contributed by atoms with Crippen LogP contribution >= 0.6 is 11.3 Å². The molecule has 0 bridgehead atoms. The van der Waals surface area contributed by atoms with Crippen molar-refractivity contribution in [3.8, 4) is 11.3 Å². The number of hydrogen-bond donors (Lipinski definition) is 1. The molecular formula is C17H24N2OS. The van der Waals surface area contributed by atoms with Crippen LogP contribution in [0.2, 0.25) is 0 Å². The van der Waals surface area contributed by atoms with Gasteiger partial charge in [0.1, 0.15) is 0 Å². The zero-order valence-electron chi connectivity index (χ0n) is 13.0. The molecule has 0 saturated carbocycles. The van der Waals surface area contributed by atoms with E-state index >= 15 is 0 Å². The highest BCUT2D eigenvalue weighted by Gasteiger charge is 2.20. The van der Waals surface area contributed by atoms with Crippen molar-refractivity contribution in [3.05, 3.63) is 40.7 Å². The van der Waals surface area contributed by atoms with Gasteiger partial charge in [0.15, 0.2) is 0 Å². The van der Waals surface area contributed by atoms with E-state index in [1.807, 2.05) is 18.2 Å². The molecule has 3 nitrogen and oxygen atoms in total. The Morgan fingerprint density at radius 3 is 2.62 bits per heavy atom. The highest BCUT2D eigenvalue weighted by Crippen LogP contribution is 2.23. The molecular weight excluding hydrogens is 280 g/mol. The van der Waals surface area contributed by atoms with E-state index in [-0.39, 0.29) is 6.10 Å². The van der Waals surface area contributed by atoms with Crippen molar-refractivity contribution >= 4 is 11.3 Å². The predicted molar refractivity (Wildman–Crippen MR) is 89.8 cm³/mol. The summed E-state index contributed by atoms with van der Waals surface area (Å²) >= 11 is 1.73. The standard InChI is InChI=1S/C17H24N2OS/c1-4-16(20-3)14(18-5-2)11-17-19-15(12-21-17)13-9-7-6-8-10-13/h6-10,12,14,16,18H,4-5,11H2,1-3H3. The van der Waals surface area contributed by atoms with E-state index in [0.29, 0.717) is 6.04 Å². The summed E-state index contributed by atoms with van der Waals surface area (Å²) in [7, 11) is 1.79. The van der Waals surface area contributed by atoms with E-state index in [1.165, 1.54) is 5.56 Å². The molecule has 114 valence electrons. The molecule has 0 spiro atoms. The largest absolute Gasteiger partial charge is 0.380 e. The van der Waals surface area contributed by atoms with Crippen LogP contribution in [-0.2, 0) is 11.2 Å². The maximum Gasteiger partial charge on any atom is 0.0949 e. The Morgan fingerprint density at radius 2 is 2.00 bits per heavy atom. The summed E-state index contributed by atoms with van der Waals surface area (Å²) in [6, 6.07) is 10.7. The molecule has 0 radical (unpaired) electrons. The highest BCUT2D eigenvalue weighted by molar-refractivity contribution is 7.09. The fraction of sp³-hybridized carbons (Fsp3) is 0.471. The summed E-state index contributed by atoms with van der Waals surface area (Å²) in [5, 5.41) is 6.83. The molecule has 1 aromatic carbocycles. The van der Waals surface area contributed by atoms with Gasteiger partial charge in [0, 0.05) is 30.5 Å². The first-order chi connectivity index (χ1) is 10.3. The van der Waals surface area contributed by atoms with Gasteiger partial charge in [-0.15, -0.1) is 11.3 Å². The summed E-state index contributed by atoms with van der Waals surface area (Å²) in [4.78, 5) is 4.78. The second kappa shape index (κ2) is 8.27. The Labute approximate surface area is 131 Å². The zero-order chi connectivity index (χ0) is 15.1. The van der Waals surface area contributed by atoms with Gasteiger partial charge < -0.3 is 10.1 Å². The third-order valence-electron chi connectivity index (χ3n) is 3.64. The SMILES string of the molecule is CCNC(Cc1nc(-c2ccccc2)cs1)C(CC)OC. The molecule has 2 unspecified atom stereocenters. The molecule has 4 heteroatoms. The summed E-state index contributed by atoms with van der Waals surface area (Å²) in [6.45, 7) is 5.24. The van der Waals surface area contributed by atoms with Gasteiger partial charge in [-0.3, -0.25) is 0 Å². The molecule has 0 aliphatic heterocycles. The molecule has 1 N–H and O–H groups in total. The fourth-order valence-corrected chi connectivity index (χ4v) is 3.41. The Hall–Kier alpha value is -1.23. The van der Waals surface area contributed by atoms with Crippen molar-refractivity contribution in [2.24, 2.45) is 0 Å². The Kier molecular flexibility index (Phi) is 6.36. The number of rotatable bonds is 8. The second-order valence-electron chi connectivity index (χ2n) is 5.04. The van der Waals surface area contributed by atoms with Gasteiger partial charge in [-0.05, 0) is 13.0 Å². The van der Waals surface area contributed by atoms with Crippen molar-refractivity contribution in [2.45, 2.75) is 38.8 Å². The molecule has 1 heterocycles. The van der Waals surface area contributed by atoms with E-state index in [1.54, 1.807) is 18.4 Å². The first-order valence-corrected chi connectivity index (χ1v) is 8.42. The summed E-state index contributed by atoms with van der Waals surface area (Å²) in [5.74, 6) is 0. The van der Waals surface area contributed by atoms with Crippen molar-refractivity contribution in [3.63, 3.8) is 0 Å². The van der Waals surface area contributed by atoms with Crippen LogP contribution in [0.15, 0.2) is 35.7 Å². The normalized spacial score (nSPS) is 14.0. The molecule has 0 aliphatic carbocycles. The van der Waals surface area contributed by atoms with Gasteiger partial charge in [-0.2, -0.15) is 0 Å². The molecule has 2 aromatic rings. The first-order valence-electron chi connectivity index (χ1n) is 7.54. The van der Waals surface area contributed by atoms with Crippen LogP contribution in [0.1, 0.15) is 25.3 Å². The molecule has 0 amide bonds. The fourth-order valence-electron chi connectivity index (χ4n) is 2.55. The molecule has 0 saturated heterocycles. The lowest BCUT2D eigenvalue weighted by Gasteiger charge is -2.25. The minimum Gasteiger partial charge on any atom is -0.380 e. The van der Waals surface area contributed by atoms with Crippen LogP contribution in [0.25, 0.3) is 11.3 Å². The van der Waals surface area contributed by atoms with E-state index in [2.05, 4.69) is 36.7 Å². The molecule has 1 aromatic heterocycles. The van der Waals surface area contributed by atoms with Crippen LogP contribution < -0.4 is 5.32 Å². The van der Waals surface area contributed by atoms with Gasteiger partial charge in [-0.25, -0.2) is 4.98 Å². The molecule has 2 rings (SSSR count). The average molecular weight is 304 g/mol. The number of nitrogens with one attached hydrogen (secondary N) is 1. The quantitative estimate of drug-likeness (QED) is 0.806. The van der Waals surface area contributed by atoms with Crippen molar-refractivity contribution < 1.29 is 4.74 Å². The smallest absolute Gasteiger partial charge is 0.0949 e. The Balaban J connectivity index is 2.09. The van der Waals surface area contributed by atoms with E-state index in [4.69, 9.17) is 9.72 Å². The Bertz CT molecular complexity index is 523. The number of hydrogen-bond acceptors (Lipinski definition) is 4. The third kappa shape index (κ3) is 4.37. The topological polar surface area (TPSA) is 34.2 Å². The zero-order valence-corrected chi connectivity index (χ0v) is 13.8. The molecule has 0 aliphatic rings. The van der Waals surface area contributed by atoms with Gasteiger partial charge in [0.25, 0.3) is 0 Å². The lowest BCUT2D eigenvalue weighted by atomic mass is 10.1. The lowest BCUT2D eigenvalue weighted by Crippen LogP contribution is -2.42. The number of aromatic nitrogens is 1. The maximum atomic E-state index is 5.59. The van der Waals surface area contributed by atoms with Crippen molar-refractivity contribution in [2.75, 3.05) is 13.7 Å². The van der Waals surface area contributed by atoms with Gasteiger partial charge in [0.05, 0.1) is 16.8 Å². The predicted octanol–water partition coefficient (Wildman–Crippen LogP) is 3.76. The molecule has 2 atom stereocenters. The Morgan fingerprint density at radius 1 is 1.24 bits per heavy atom. The second-order valence-corrected chi connectivity index (χ2v) is 5.99. The van der Waals surface area contributed by atoms with Crippen LogP contribution in [0.5, 0.6) is 0 Å². The van der Waals surface area contributed by atoms with Crippen LogP contribution in [0.3, 0.4) is 0 Å². The number of likely N-dealkylation sites (N-methyl/N-ethyl adjacent to an activating group) is 1. The number of methoxy groups -OCH3 is 1. The van der Waals surface area contributed by atoms with E-state index in [9.17, 15) is 0 Å². The van der Waals surface area contributed by atoms with Gasteiger partial charge >= 0.3 is 0 Å². The van der Waals surface area contributed by atoms with Crippen molar-refractivity contribution in [1.82, 2.24) is 10.3 Å². The summed E-state index contributed by atoms with van der Waals surface area (Å²) in [5.41, 5.74) is 2.25. The average Bonchev–Trinajstić information content (AvgIpc) is 2.98. The monoisotopic (exact) mass is 304 g/mol. The number of nitrogens with zero attached hydrogens (tertiary/aromatic N) is 1.